The van der Waals surface area contributed by atoms with Crippen LogP contribution in [0.25, 0.3) is 11.1 Å². The quantitative estimate of drug-likeness (QED) is 0.643. The fourth-order valence-corrected chi connectivity index (χ4v) is 2.29. The number of halogens is 4. The zero-order chi connectivity index (χ0) is 15.6. The molecule has 0 saturated heterocycles. The Kier molecular flexibility index (Phi) is 4.63. The zero-order valence-corrected chi connectivity index (χ0v) is 11.7. The average Bonchev–Trinajstić information content (AvgIpc) is 2.45. The number of benzene rings is 2. The van der Waals surface area contributed by atoms with E-state index in [1.807, 2.05) is 13.8 Å². The molecule has 112 valence electrons. The Bertz CT molecular complexity index is 655. The standard InChI is InChI=1S/C16H15F4N/c1-3-21-9(2)11-5-4-10(17)8-13(11)12-6-7-14(18)16(20)15(12)19/h4-9,21H,3H2,1-2H3. The molecule has 0 aliphatic rings. The molecule has 1 unspecified atom stereocenters. The highest BCUT2D eigenvalue weighted by Gasteiger charge is 2.19. The van der Waals surface area contributed by atoms with Crippen LogP contribution in [0.2, 0.25) is 0 Å². The zero-order valence-electron chi connectivity index (χ0n) is 11.7. The van der Waals surface area contributed by atoms with Crippen molar-refractivity contribution in [3.05, 3.63) is 59.2 Å². The van der Waals surface area contributed by atoms with Crippen molar-refractivity contribution in [1.29, 1.82) is 0 Å². The highest BCUT2D eigenvalue weighted by molar-refractivity contribution is 5.69. The topological polar surface area (TPSA) is 12.0 Å². The lowest BCUT2D eigenvalue weighted by Crippen LogP contribution is -2.18. The van der Waals surface area contributed by atoms with Crippen molar-refractivity contribution in [2.45, 2.75) is 19.9 Å². The lowest BCUT2D eigenvalue weighted by atomic mass is 9.94. The average molecular weight is 297 g/mol. The van der Waals surface area contributed by atoms with Gasteiger partial charge in [-0.05, 0) is 48.9 Å². The largest absolute Gasteiger partial charge is 0.310 e. The number of hydrogen-bond acceptors (Lipinski definition) is 1. The fourth-order valence-electron chi connectivity index (χ4n) is 2.29. The maximum atomic E-state index is 14.0. The summed E-state index contributed by atoms with van der Waals surface area (Å²) in [6.45, 7) is 4.40. The molecular formula is C16H15F4N. The minimum Gasteiger partial charge on any atom is -0.310 e. The summed E-state index contributed by atoms with van der Waals surface area (Å²) in [6.07, 6.45) is 0. The Morgan fingerprint density at radius 3 is 2.33 bits per heavy atom. The van der Waals surface area contributed by atoms with Gasteiger partial charge in [-0.15, -0.1) is 0 Å². The van der Waals surface area contributed by atoms with Gasteiger partial charge in [0.15, 0.2) is 17.5 Å². The molecule has 1 nitrogen and oxygen atoms in total. The molecule has 1 atom stereocenters. The molecule has 1 N–H and O–H groups in total. The van der Waals surface area contributed by atoms with E-state index in [9.17, 15) is 17.6 Å². The molecule has 0 amide bonds. The van der Waals surface area contributed by atoms with Crippen LogP contribution in [-0.4, -0.2) is 6.54 Å². The van der Waals surface area contributed by atoms with Gasteiger partial charge in [-0.3, -0.25) is 0 Å². The molecule has 21 heavy (non-hydrogen) atoms. The smallest absolute Gasteiger partial charge is 0.195 e. The third kappa shape index (κ3) is 3.08. The van der Waals surface area contributed by atoms with Crippen molar-refractivity contribution < 1.29 is 17.6 Å². The first-order valence-electron chi connectivity index (χ1n) is 6.62. The van der Waals surface area contributed by atoms with E-state index in [1.165, 1.54) is 12.1 Å². The normalized spacial score (nSPS) is 12.5. The van der Waals surface area contributed by atoms with Crippen molar-refractivity contribution in [2.75, 3.05) is 6.54 Å². The van der Waals surface area contributed by atoms with Crippen LogP contribution in [-0.2, 0) is 0 Å². The predicted molar refractivity (Wildman–Crippen MR) is 73.8 cm³/mol. The summed E-state index contributed by atoms with van der Waals surface area (Å²) in [5.74, 6) is -4.71. The first-order chi connectivity index (χ1) is 9.95. The van der Waals surface area contributed by atoms with Gasteiger partial charge in [0, 0.05) is 11.6 Å². The third-order valence-electron chi connectivity index (χ3n) is 3.32. The number of rotatable bonds is 4. The van der Waals surface area contributed by atoms with E-state index >= 15 is 0 Å². The fraction of sp³-hybridized carbons (Fsp3) is 0.250. The summed E-state index contributed by atoms with van der Waals surface area (Å²) in [6, 6.07) is 5.66. The SMILES string of the molecule is CCNC(C)c1ccc(F)cc1-c1ccc(F)c(F)c1F. The number of hydrogen-bond donors (Lipinski definition) is 1. The van der Waals surface area contributed by atoms with Gasteiger partial charge in [-0.25, -0.2) is 17.6 Å². The third-order valence-corrected chi connectivity index (χ3v) is 3.32. The summed E-state index contributed by atoms with van der Waals surface area (Å²) < 4.78 is 53.9. The van der Waals surface area contributed by atoms with Crippen LogP contribution in [0.4, 0.5) is 17.6 Å². The van der Waals surface area contributed by atoms with Crippen LogP contribution in [0, 0.1) is 23.3 Å². The van der Waals surface area contributed by atoms with Crippen LogP contribution >= 0.6 is 0 Å². The first-order valence-corrected chi connectivity index (χ1v) is 6.62. The molecule has 2 aromatic rings. The Morgan fingerprint density at radius 1 is 0.952 bits per heavy atom. The maximum Gasteiger partial charge on any atom is 0.195 e. The van der Waals surface area contributed by atoms with E-state index in [-0.39, 0.29) is 17.2 Å². The monoisotopic (exact) mass is 297 g/mol. The Balaban J connectivity index is 2.62. The van der Waals surface area contributed by atoms with Crippen molar-refractivity contribution in [3.8, 4) is 11.1 Å². The second-order valence-corrected chi connectivity index (χ2v) is 4.73. The van der Waals surface area contributed by atoms with Gasteiger partial charge >= 0.3 is 0 Å². The summed E-state index contributed by atoms with van der Waals surface area (Å²) in [5.41, 5.74) is 0.663. The summed E-state index contributed by atoms with van der Waals surface area (Å²) >= 11 is 0. The molecule has 0 aromatic heterocycles. The molecule has 0 aliphatic carbocycles. The first kappa shape index (κ1) is 15.5. The molecule has 0 aliphatic heterocycles. The number of nitrogens with one attached hydrogen (secondary N) is 1. The Hall–Kier alpha value is -1.88. The summed E-state index contributed by atoms with van der Waals surface area (Å²) in [5, 5.41) is 3.12. The molecule has 2 aromatic carbocycles. The van der Waals surface area contributed by atoms with E-state index in [0.29, 0.717) is 12.1 Å². The van der Waals surface area contributed by atoms with Crippen molar-refractivity contribution in [1.82, 2.24) is 5.32 Å². The van der Waals surface area contributed by atoms with Crippen molar-refractivity contribution in [2.24, 2.45) is 0 Å². The molecule has 0 fully saturated rings. The van der Waals surface area contributed by atoms with Gasteiger partial charge < -0.3 is 5.32 Å². The lowest BCUT2D eigenvalue weighted by Gasteiger charge is -2.18. The maximum absolute atomic E-state index is 14.0. The van der Waals surface area contributed by atoms with Crippen LogP contribution in [0.3, 0.4) is 0 Å². The highest BCUT2D eigenvalue weighted by Crippen LogP contribution is 2.32. The molecule has 0 heterocycles. The van der Waals surface area contributed by atoms with Crippen LogP contribution in [0.5, 0.6) is 0 Å². The van der Waals surface area contributed by atoms with Crippen LogP contribution < -0.4 is 5.32 Å². The Labute approximate surface area is 120 Å². The van der Waals surface area contributed by atoms with E-state index in [2.05, 4.69) is 5.32 Å². The van der Waals surface area contributed by atoms with E-state index < -0.39 is 23.3 Å². The predicted octanol–water partition coefficient (Wildman–Crippen LogP) is 4.58. The van der Waals surface area contributed by atoms with E-state index in [4.69, 9.17) is 0 Å². The van der Waals surface area contributed by atoms with Gasteiger partial charge in [0.1, 0.15) is 5.82 Å². The second kappa shape index (κ2) is 6.26. The Morgan fingerprint density at radius 2 is 1.67 bits per heavy atom. The molecular weight excluding hydrogens is 282 g/mol. The van der Waals surface area contributed by atoms with Gasteiger partial charge in [0.05, 0.1) is 0 Å². The molecule has 0 radical (unpaired) electrons. The molecule has 0 spiro atoms. The van der Waals surface area contributed by atoms with E-state index in [1.54, 1.807) is 0 Å². The molecule has 5 heteroatoms. The van der Waals surface area contributed by atoms with Crippen LogP contribution in [0.15, 0.2) is 30.3 Å². The highest BCUT2D eigenvalue weighted by atomic mass is 19.2. The van der Waals surface area contributed by atoms with Gasteiger partial charge in [0.2, 0.25) is 0 Å². The second-order valence-electron chi connectivity index (χ2n) is 4.73. The molecule has 0 bridgehead atoms. The summed E-state index contributed by atoms with van der Waals surface area (Å²) in [7, 11) is 0. The van der Waals surface area contributed by atoms with Crippen LogP contribution in [0.1, 0.15) is 25.5 Å². The lowest BCUT2D eigenvalue weighted by molar-refractivity contribution is 0.449. The van der Waals surface area contributed by atoms with Gasteiger partial charge in [0.25, 0.3) is 0 Å². The summed E-state index contributed by atoms with van der Waals surface area (Å²) in [4.78, 5) is 0. The van der Waals surface area contributed by atoms with Gasteiger partial charge in [-0.2, -0.15) is 0 Å². The van der Waals surface area contributed by atoms with Crippen molar-refractivity contribution in [3.63, 3.8) is 0 Å². The minimum atomic E-state index is -1.56. The minimum absolute atomic E-state index is 0.159. The van der Waals surface area contributed by atoms with Crippen molar-refractivity contribution >= 4 is 0 Å². The van der Waals surface area contributed by atoms with E-state index in [0.717, 1.165) is 18.2 Å². The molecule has 2 rings (SSSR count). The van der Waals surface area contributed by atoms with Gasteiger partial charge in [-0.1, -0.05) is 13.0 Å². The molecule has 0 saturated carbocycles.